The molecule has 0 radical (unpaired) electrons. The zero-order valence-corrected chi connectivity index (χ0v) is 11.2. The van der Waals surface area contributed by atoms with Crippen LogP contribution >= 0.6 is 0 Å². The number of nitrogens with two attached hydrogens (primary N) is 1. The maximum absolute atomic E-state index is 11.1. The summed E-state index contributed by atoms with van der Waals surface area (Å²) < 4.78 is 5.16. The van der Waals surface area contributed by atoms with Crippen molar-refractivity contribution < 1.29 is 14.6 Å². The van der Waals surface area contributed by atoms with Gasteiger partial charge in [-0.15, -0.1) is 0 Å². The fourth-order valence-electron chi connectivity index (χ4n) is 1.77. The molecule has 0 unspecified atom stereocenters. The van der Waals surface area contributed by atoms with Crippen molar-refractivity contribution in [2.75, 3.05) is 24.8 Å². The second kappa shape index (κ2) is 5.48. The minimum absolute atomic E-state index is 0.0322. The number of pyridine rings is 1. The molecule has 2 rings (SSSR count). The van der Waals surface area contributed by atoms with Crippen LogP contribution in [-0.2, 0) is 0 Å². The third-order valence-corrected chi connectivity index (χ3v) is 2.94. The third kappa shape index (κ3) is 2.64. The number of nitrogens with zero attached hydrogens (tertiary/aromatic N) is 2. The lowest BCUT2D eigenvalue weighted by Crippen LogP contribution is -2.13. The number of rotatable bonds is 4. The molecule has 20 heavy (non-hydrogen) atoms. The number of carboxylic acid groups (broad SMARTS) is 1. The highest BCUT2D eigenvalue weighted by atomic mass is 16.5. The molecule has 0 saturated heterocycles. The summed E-state index contributed by atoms with van der Waals surface area (Å²) in [5, 5.41) is 9.08. The van der Waals surface area contributed by atoms with Crippen molar-refractivity contribution in [2.45, 2.75) is 0 Å². The summed E-state index contributed by atoms with van der Waals surface area (Å²) in [5.41, 5.74) is 6.60. The summed E-state index contributed by atoms with van der Waals surface area (Å²) in [6, 6.07) is 8.83. The summed E-state index contributed by atoms with van der Waals surface area (Å²) in [7, 11) is 3.38. The highest BCUT2D eigenvalue weighted by molar-refractivity contribution is 5.94. The molecule has 104 valence electrons. The molecule has 0 fully saturated rings. The second-order valence-corrected chi connectivity index (χ2v) is 4.20. The van der Waals surface area contributed by atoms with Gasteiger partial charge in [-0.1, -0.05) is 6.07 Å². The Morgan fingerprint density at radius 3 is 2.80 bits per heavy atom. The lowest BCUT2D eigenvalue weighted by atomic mass is 10.2. The number of methoxy groups -OCH3 is 1. The van der Waals surface area contributed by atoms with Gasteiger partial charge in [0.25, 0.3) is 0 Å². The van der Waals surface area contributed by atoms with Crippen molar-refractivity contribution in [3.63, 3.8) is 0 Å². The first-order valence-corrected chi connectivity index (χ1v) is 5.89. The largest absolute Gasteiger partial charge is 0.497 e. The molecule has 0 amide bonds. The van der Waals surface area contributed by atoms with Crippen LogP contribution in [0.3, 0.4) is 0 Å². The normalized spacial score (nSPS) is 10.1. The molecule has 6 heteroatoms. The number of ether oxygens (including phenoxy) is 1. The average molecular weight is 273 g/mol. The summed E-state index contributed by atoms with van der Waals surface area (Å²) >= 11 is 0. The Labute approximate surface area is 116 Å². The number of nitrogen functional groups attached to an aromatic ring is 1. The minimum atomic E-state index is -1.08. The molecule has 6 nitrogen and oxygen atoms in total. The number of anilines is 3. The van der Waals surface area contributed by atoms with Crippen LogP contribution < -0.4 is 15.4 Å². The summed E-state index contributed by atoms with van der Waals surface area (Å²) in [6.45, 7) is 0. The molecule has 0 bridgehead atoms. The first-order valence-electron chi connectivity index (χ1n) is 5.89. The number of benzene rings is 1. The molecule has 0 atom stereocenters. The van der Waals surface area contributed by atoms with Gasteiger partial charge >= 0.3 is 5.97 Å². The molecular weight excluding hydrogens is 258 g/mol. The predicted molar refractivity (Wildman–Crippen MR) is 76.7 cm³/mol. The molecule has 1 aromatic heterocycles. The zero-order valence-electron chi connectivity index (χ0n) is 11.2. The summed E-state index contributed by atoms with van der Waals surface area (Å²) in [6.07, 6.45) is 1.34. The van der Waals surface area contributed by atoms with Crippen LogP contribution in [0.15, 0.2) is 36.5 Å². The Hall–Kier alpha value is -2.76. The van der Waals surface area contributed by atoms with Gasteiger partial charge in [-0.2, -0.15) is 0 Å². The van der Waals surface area contributed by atoms with Gasteiger partial charge in [0.05, 0.1) is 24.6 Å². The van der Waals surface area contributed by atoms with Crippen molar-refractivity contribution in [1.29, 1.82) is 0 Å². The first kappa shape index (κ1) is 13.7. The third-order valence-electron chi connectivity index (χ3n) is 2.94. The van der Waals surface area contributed by atoms with Crippen LogP contribution in [0.2, 0.25) is 0 Å². The van der Waals surface area contributed by atoms with E-state index < -0.39 is 5.97 Å². The topological polar surface area (TPSA) is 88.7 Å². The second-order valence-electron chi connectivity index (χ2n) is 4.20. The SMILES string of the molecule is COc1cccc(N(C)c2cc(C(=O)O)c(N)cn2)c1. The fourth-order valence-corrected chi connectivity index (χ4v) is 1.77. The van der Waals surface area contributed by atoms with E-state index in [1.165, 1.54) is 12.3 Å². The van der Waals surface area contributed by atoms with Gasteiger partial charge < -0.3 is 20.5 Å². The Bertz CT molecular complexity index is 643. The maximum atomic E-state index is 11.1. The number of hydrogen-bond acceptors (Lipinski definition) is 5. The van der Waals surface area contributed by atoms with Crippen LogP contribution in [0, 0.1) is 0 Å². The van der Waals surface area contributed by atoms with Crippen molar-refractivity contribution in [1.82, 2.24) is 4.98 Å². The Balaban J connectivity index is 2.40. The van der Waals surface area contributed by atoms with Gasteiger partial charge in [-0.3, -0.25) is 0 Å². The van der Waals surface area contributed by atoms with Crippen molar-refractivity contribution in [2.24, 2.45) is 0 Å². The maximum Gasteiger partial charge on any atom is 0.337 e. The van der Waals surface area contributed by atoms with Crippen LogP contribution in [0.25, 0.3) is 0 Å². The lowest BCUT2D eigenvalue weighted by Gasteiger charge is -2.19. The molecule has 0 saturated carbocycles. The molecule has 3 N–H and O–H groups in total. The van der Waals surface area contributed by atoms with E-state index in [9.17, 15) is 4.79 Å². The smallest absolute Gasteiger partial charge is 0.337 e. The van der Waals surface area contributed by atoms with Gasteiger partial charge in [0.1, 0.15) is 11.6 Å². The van der Waals surface area contributed by atoms with Crippen molar-refractivity contribution in [3.8, 4) is 5.75 Å². The van der Waals surface area contributed by atoms with E-state index in [4.69, 9.17) is 15.6 Å². The van der Waals surface area contributed by atoms with Crippen molar-refractivity contribution >= 4 is 23.2 Å². The van der Waals surface area contributed by atoms with E-state index in [1.807, 2.05) is 24.3 Å². The van der Waals surface area contributed by atoms with Crippen LogP contribution in [0.4, 0.5) is 17.2 Å². The first-order chi connectivity index (χ1) is 9.52. The number of aromatic nitrogens is 1. The quantitative estimate of drug-likeness (QED) is 0.887. The number of carboxylic acids is 1. The van der Waals surface area contributed by atoms with E-state index in [0.29, 0.717) is 11.6 Å². The molecule has 0 aliphatic rings. The van der Waals surface area contributed by atoms with E-state index in [2.05, 4.69) is 4.98 Å². The molecule has 1 heterocycles. The zero-order chi connectivity index (χ0) is 14.7. The van der Waals surface area contributed by atoms with E-state index in [1.54, 1.807) is 19.1 Å². The van der Waals surface area contributed by atoms with E-state index >= 15 is 0 Å². The van der Waals surface area contributed by atoms with Gasteiger partial charge in [-0.25, -0.2) is 9.78 Å². The molecule has 1 aromatic carbocycles. The highest BCUT2D eigenvalue weighted by Gasteiger charge is 2.13. The molecule has 0 aliphatic heterocycles. The summed E-state index contributed by atoms with van der Waals surface area (Å²) in [5.74, 6) is 0.123. The molecular formula is C14H15N3O3. The van der Waals surface area contributed by atoms with Crippen LogP contribution in [0.1, 0.15) is 10.4 Å². The number of carbonyl (C=O) groups is 1. The highest BCUT2D eigenvalue weighted by Crippen LogP contribution is 2.27. The number of hydrogen-bond donors (Lipinski definition) is 2. The Morgan fingerprint density at radius 1 is 1.40 bits per heavy atom. The van der Waals surface area contributed by atoms with Gasteiger partial charge in [-0.05, 0) is 18.2 Å². The summed E-state index contributed by atoms with van der Waals surface area (Å²) in [4.78, 5) is 17.0. The van der Waals surface area contributed by atoms with Crippen LogP contribution in [0.5, 0.6) is 5.75 Å². The standard InChI is InChI=1S/C14H15N3O3/c1-17(9-4-3-5-10(6-9)20-2)13-7-11(14(18)19)12(15)8-16-13/h3-8H,15H2,1-2H3,(H,18,19). The molecule has 0 aliphatic carbocycles. The molecule has 2 aromatic rings. The molecule has 0 spiro atoms. The lowest BCUT2D eigenvalue weighted by molar-refractivity contribution is 0.0698. The Kier molecular flexibility index (Phi) is 3.74. The van der Waals surface area contributed by atoms with Gasteiger partial charge in [0.2, 0.25) is 0 Å². The fraction of sp³-hybridized carbons (Fsp3) is 0.143. The van der Waals surface area contributed by atoms with Gasteiger partial charge in [0, 0.05) is 18.8 Å². The number of aromatic carboxylic acids is 1. The van der Waals surface area contributed by atoms with Gasteiger partial charge in [0.15, 0.2) is 0 Å². The predicted octanol–water partition coefficient (Wildman–Crippen LogP) is 2.14. The Morgan fingerprint density at radius 2 is 2.15 bits per heavy atom. The monoisotopic (exact) mass is 273 g/mol. The minimum Gasteiger partial charge on any atom is -0.497 e. The van der Waals surface area contributed by atoms with Crippen LogP contribution in [-0.4, -0.2) is 30.2 Å². The van der Waals surface area contributed by atoms with E-state index in [0.717, 1.165) is 5.69 Å². The average Bonchev–Trinajstić information content (AvgIpc) is 2.46. The van der Waals surface area contributed by atoms with Crippen molar-refractivity contribution in [3.05, 3.63) is 42.1 Å². The van der Waals surface area contributed by atoms with E-state index in [-0.39, 0.29) is 11.3 Å².